The first-order valence-electron chi connectivity index (χ1n) is 21.1. The lowest BCUT2D eigenvalue weighted by atomic mass is 9.96. The summed E-state index contributed by atoms with van der Waals surface area (Å²) in [7, 11) is 0. The number of hydrogen-bond donors (Lipinski definition) is 1. The maximum Gasteiger partial charge on any atom is 0.353 e. The maximum atomic E-state index is 12.9. The first-order valence-corrected chi connectivity index (χ1v) is 21.1. The zero-order valence-electron chi connectivity index (χ0n) is 42.5. The first kappa shape index (κ1) is 67.5. The van der Waals surface area contributed by atoms with Gasteiger partial charge in [-0.25, -0.2) is 4.79 Å². The Bertz CT molecular complexity index is 5090. The van der Waals surface area contributed by atoms with Crippen LogP contribution in [0.5, 0.6) is 0 Å². The largest absolute Gasteiger partial charge is 0.377 e. The molecule has 0 fully saturated rings. The molecule has 0 atom stereocenters. The van der Waals surface area contributed by atoms with Crippen LogP contribution in [0.3, 0.4) is 0 Å². The fourth-order valence-corrected chi connectivity index (χ4v) is 3.05. The van der Waals surface area contributed by atoms with Gasteiger partial charge in [-0.1, -0.05) is 0 Å². The minimum Gasteiger partial charge on any atom is -0.377 e. The molecule has 0 rings (SSSR count). The van der Waals surface area contributed by atoms with Gasteiger partial charge in [0.05, 0.1) is 12.8 Å². The Hall–Kier alpha value is -17.5. The summed E-state index contributed by atoms with van der Waals surface area (Å²) in [6.07, 6.45) is 18.2. The lowest BCUT2D eigenvalue weighted by Gasteiger charge is -2.21. The molecule has 0 aromatic rings. The molecule has 0 aliphatic heterocycles. The van der Waals surface area contributed by atoms with Crippen LogP contribution in [0, 0.1) is 428 Å². The normalized spacial score (nSPS) is 5.15. The van der Waals surface area contributed by atoms with Gasteiger partial charge in [-0.05, 0) is 142 Å². The van der Waals surface area contributed by atoms with Gasteiger partial charge in [-0.3, -0.25) is 9.59 Å². The van der Waals surface area contributed by atoms with Crippen molar-refractivity contribution < 1.29 is 33.7 Å². The number of ether oxygens (including phenoxy) is 3. The molecule has 0 aromatic heterocycles. The molecule has 7 heteroatoms. The SMILES string of the molecule is C#CC#CC#CC#CC#CC#CC#CC#CC#CC#CC#CC#COC(=O)CC(O)(CC(=O)OC#CC#CC#CC#CC#CC#CC#CC#CC#CC#CC#CC#C)C(=O)OC#CC#CC#CC#CC#CC#CC#CC#CC#CC#CC#CC#C. The van der Waals surface area contributed by atoms with Crippen LogP contribution in [0.4, 0.5) is 0 Å². The molecule has 7 nitrogen and oxygen atoms in total. The number of rotatable bonds is 5. The van der Waals surface area contributed by atoms with E-state index < -0.39 is 36.4 Å². The van der Waals surface area contributed by atoms with Gasteiger partial charge in [0, 0.05) is 249 Å². The quantitative estimate of drug-likeness (QED) is 0.215. The van der Waals surface area contributed by atoms with Gasteiger partial charge in [-0.15, -0.1) is 19.3 Å². The molecule has 0 aromatic carbocycles. The van der Waals surface area contributed by atoms with Crippen molar-refractivity contribution >= 4 is 17.9 Å². The summed E-state index contributed by atoms with van der Waals surface area (Å²) in [6.45, 7) is 0. The van der Waals surface area contributed by atoms with E-state index in [0.29, 0.717) is 0 Å². The highest BCUT2D eigenvalue weighted by molar-refractivity contribution is 5.91. The molecule has 0 aliphatic rings. The van der Waals surface area contributed by atoms with Gasteiger partial charge in [0.2, 0.25) is 0 Å². The Morgan fingerprint density at radius 1 is 0.224 bits per heavy atom. The second kappa shape index (κ2) is 55.8. The van der Waals surface area contributed by atoms with E-state index in [1.807, 2.05) is 18.3 Å². The third-order valence-electron chi connectivity index (χ3n) is 5.85. The van der Waals surface area contributed by atoms with Crippen molar-refractivity contribution in [2.24, 2.45) is 0 Å². The van der Waals surface area contributed by atoms with Gasteiger partial charge < -0.3 is 19.3 Å². The highest BCUT2D eigenvalue weighted by Gasteiger charge is 2.43. The molecule has 0 bridgehead atoms. The lowest BCUT2D eigenvalue weighted by molar-refractivity contribution is -0.169. The topological polar surface area (TPSA) is 99.1 Å². The third kappa shape index (κ3) is 51.2. The lowest BCUT2D eigenvalue weighted by Crippen LogP contribution is -2.44. The van der Waals surface area contributed by atoms with Crippen LogP contribution in [0.25, 0.3) is 0 Å². The number of esters is 3. The molecule has 0 heterocycles. The smallest absolute Gasteiger partial charge is 0.353 e. The second-order valence-corrected chi connectivity index (χ2v) is 11.3. The second-order valence-electron chi connectivity index (χ2n) is 11.3. The van der Waals surface area contributed by atoms with Crippen molar-refractivity contribution in [3.05, 3.63) is 0 Å². The summed E-state index contributed by atoms with van der Waals surface area (Å²) in [5.41, 5.74) is -2.93. The number of carbonyl (C=O) groups is 3. The molecule has 0 aliphatic carbocycles. The fraction of sp³-hybridized carbons (Fsp3) is 0.0385. The number of aliphatic hydroxyl groups is 1. The molecule has 0 spiro atoms. The molecule has 362 valence electrons. The summed E-state index contributed by atoms with van der Waals surface area (Å²) < 4.78 is 14.1. The summed E-state index contributed by atoms with van der Waals surface area (Å²) in [5.74, 6) is 153. The van der Waals surface area contributed by atoms with E-state index in [1.165, 1.54) is 0 Å². The fourth-order valence-electron chi connectivity index (χ4n) is 3.05. The Kier molecular flexibility index (Phi) is 44.4. The third-order valence-corrected chi connectivity index (χ3v) is 5.85. The Morgan fingerprint density at radius 2 is 0.353 bits per heavy atom. The Balaban J connectivity index is 5.89. The summed E-state index contributed by atoms with van der Waals surface area (Å²) in [6, 6.07) is 0. The molecule has 0 unspecified atom stereocenters. The average molecular weight is 1060 g/mol. The van der Waals surface area contributed by atoms with Crippen LogP contribution in [0.1, 0.15) is 12.8 Å². The van der Waals surface area contributed by atoms with Crippen LogP contribution in [-0.4, -0.2) is 28.6 Å². The van der Waals surface area contributed by atoms with Crippen molar-refractivity contribution in [1.29, 1.82) is 0 Å². The van der Waals surface area contributed by atoms with E-state index in [9.17, 15) is 19.5 Å². The summed E-state index contributed by atoms with van der Waals surface area (Å²) in [5, 5.41) is 11.1. The van der Waals surface area contributed by atoms with Gasteiger partial charge in [0.25, 0.3) is 0 Å². The minimum atomic E-state index is -2.93. The van der Waals surface area contributed by atoms with Crippen molar-refractivity contribution in [3.8, 4) is 428 Å². The van der Waals surface area contributed by atoms with E-state index in [2.05, 4.69) is 391 Å². The molecule has 85 heavy (non-hydrogen) atoms. The molecular formula is C78H8O7. The molecule has 0 radical (unpaired) electrons. The molecule has 0 amide bonds. The van der Waals surface area contributed by atoms with Crippen LogP contribution < -0.4 is 0 Å². The first-order chi connectivity index (χ1) is 41.9. The van der Waals surface area contributed by atoms with Crippen LogP contribution in [0.2, 0.25) is 0 Å². The maximum absolute atomic E-state index is 12.9. The van der Waals surface area contributed by atoms with Gasteiger partial charge >= 0.3 is 17.9 Å². The van der Waals surface area contributed by atoms with E-state index in [0.717, 1.165) is 0 Å². The van der Waals surface area contributed by atoms with E-state index in [4.69, 9.17) is 33.5 Å². The van der Waals surface area contributed by atoms with Crippen molar-refractivity contribution in [3.63, 3.8) is 0 Å². The Labute approximate surface area is 495 Å². The van der Waals surface area contributed by atoms with Crippen molar-refractivity contribution in [2.45, 2.75) is 18.4 Å². The molecule has 1 N–H and O–H groups in total. The van der Waals surface area contributed by atoms with Gasteiger partial charge in [-0.2, -0.15) is 0 Å². The zero-order valence-corrected chi connectivity index (χ0v) is 42.5. The predicted octanol–water partition coefficient (Wildman–Crippen LogP) is -0.988. The minimum absolute atomic E-state index is 1.20. The molecular weight excluding hydrogens is 1050 g/mol. The van der Waals surface area contributed by atoms with E-state index in [1.54, 1.807) is 0 Å². The number of terminal acetylenes is 3. The van der Waals surface area contributed by atoms with Gasteiger partial charge in [0.15, 0.2) is 5.60 Å². The zero-order chi connectivity index (χ0) is 61.6. The molecule has 0 saturated heterocycles. The summed E-state index contributed by atoms with van der Waals surface area (Å²) >= 11 is 0. The monoisotopic (exact) mass is 1060 g/mol. The van der Waals surface area contributed by atoms with E-state index >= 15 is 0 Å². The highest BCUT2D eigenvalue weighted by Crippen LogP contribution is 2.19. The number of carbonyl (C=O) groups excluding carboxylic acids is 3. The van der Waals surface area contributed by atoms with Crippen molar-refractivity contribution in [2.75, 3.05) is 0 Å². The summed E-state index contributed by atoms with van der Waals surface area (Å²) in [4.78, 5) is 38.1. The Morgan fingerprint density at radius 3 is 0.506 bits per heavy atom. The average Bonchev–Trinajstić information content (AvgIpc) is 3.63. The standard InChI is InChI=1S/C78H8O7/c1-4-7-10-13-16-19-22-25-28-31-34-37-40-43-46-49-52-55-58-61-64-67-70-83-75(79)73-78(82,77(81)85-72-69-66-63-60-57-54-51-48-45-42-39-36-33-30-27-24-21-18-15-12-9-6-3)74-76(80)84-71-68-65-62-59-56-53-50-47-44-41-38-35-32-29-26-23-20-17-14-11-8-5-2/h1-3,82H,73-74H2. The predicted molar refractivity (Wildman–Crippen MR) is 316 cm³/mol. The van der Waals surface area contributed by atoms with Crippen LogP contribution >= 0.6 is 0 Å². The van der Waals surface area contributed by atoms with Crippen LogP contribution in [0.15, 0.2) is 0 Å². The number of hydrogen-bond acceptors (Lipinski definition) is 7. The van der Waals surface area contributed by atoms with Crippen molar-refractivity contribution in [1.82, 2.24) is 0 Å². The van der Waals surface area contributed by atoms with Crippen LogP contribution in [-0.2, 0) is 28.6 Å². The molecule has 0 saturated carbocycles. The van der Waals surface area contributed by atoms with Gasteiger partial charge in [0.1, 0.15) is 18.3 Å². The highest BCUT2D eigenvalue weighted by atomic mass is 16.6. The van der Waals surface area contributed by atoms with E-state index in [-0.39, 0.29) is 0 Å².